The fourth-order valence-corrected chi connectivity index (χ4v) is 12.9. The summed E-state index contributed by atoms with van der Waals surface area (Å²) in [6.45, 7) is 10.0. The first kappa shape index (κ1) is 53.1. The number of rotatable bonds is 7. The largest absolute Gasteiger partial charge is 0.399 e. The lowest BCUT2D eigenvalue weighted by atomic mass is 9.80. The van der Waals surface area contributed by atoms with Crippen molar-refractivity contribution in [2.75, 3.05) is 117 Å². The first-order valence-corrected chi connectivity index (χ1v) is 29.8. The average molecular weight is 1090 g/mol. The number of nitrogens with two attached hydrogens (primary N) is 1. The maximum absolute atomic E-state index is 5.36. The maximum Gasteiger partial charge on any atom is 0.230 e. The number of likely N-dealkylation sites (N-methyl/N-ethyl adjacent to an activating group) is 2. The molecule has 2 aromatic carbocycles. The molecule has 10 heterocycles. The molecule has 8 aromatic rings. The number of nitrogen functional groups attached to an aromatic ring is 1. The second-order valence-electron chi connectivity index (χ2n) is 22.3. The zero-order chi connectivity index (χ0) is 54.5. The van der Waals surface area contributed by atoms with E-state index < -0.39 is 0 Å². The molecule has 2 spiro atoms. The first-order valence-electron chi connectivity index (χ1n) is 28.6. The van der Waals surface area contributed by atoms with Gasteiger partial charge in [-0.2, -0.15) is 9.97 Å². The Labute approximate surface area is 473 Å². The van der Waals surface area contributed by atoms with Gasteiger partial charge in [-0.05, 0) is 107 Å². The van der Waals surface area contributed by atoms with Gasteiger partial charge in [0.05, 0.1) is 59.3 Å². The normalized spacial score (nSPS) is 18.7. The van der Waals surface area contributed by atoms with Gasteiger partial charge in [-0.1, -0.05) is 74.9 Å². The zero-order valence-electron chi connectivity index (χ0n) is 46.4. The third kappa shape index (κ3) is 11.4. The number of benzene rings is 2. The van der Waals surface area contributed by atoms with Crippen LogP contribution in [-0.4, -0.2) is 146 Å². The number of fused-ring (bicyclic) bond motifs is 8. The fraction of sp³-hybridized carbons (Fsp3) is 0.410. The second kappa shape index (κ2) is 23.6. The molecule has 80 heavy (non-hydrogen) atoms. The van der Waals surface area contributed by atoms with Gasteiger partial charge in [-0.15, -0.1) is 11.8 Å². The van der Waals surface area contributed by atoms with Crippen molar-refractivity contribution in [2.24, 2.45) is 9.98 Å². The molecule has 414 valence electrons. The number of thioether (sulfide) groups is 1. The lowest BCUT2D eigenvalue weighted by Gasteiger charge is -2.41. The Morgan fingerprint density at radius 2 is 0.975 bits per heavy atom. The van der Waals surface area contributed by atoms with Gasteiger partial charge in [-0.25, -0.2) is 19.9 Å². The zero-order valence-corrected chi connectivity index (χ0v) is 47.3. The third-order valence-corrected chi connectivity index (χ3v) is 17.6. The van der Waals surface area contributed by atoms with Gasteiger partial charge in [0.15, 0.2) is 0 Å². The molecule has 14 rings (SSSR count). The van der Waals surface area contributed by atoms with Crippen LogP contribution in [0.5, 0.6) is 0 Å². The van der Waals surface area contributed by atoms with Crippen molar-refractivity contribution in [2.45, 2.75) is 75.3 Å². The maximum atomic E-state index is 5.36. The molecule has 0 bridgehead atoms. The van der Waals surface area contributed by atoms with Crippen molar-refractivity contribution < 1.29 is 0 Å². The predicted octanol–water partition coefficient (Wildman–Crippen LogP) is 10.2. The molecule has 19 heteroatoms. The Morgan fingerprint density at radius 3 is 1.44 bits per heavy atom. The van der Waals surface area contributed by atoms with Crippen LogP contribution < -0.4 is 31.5 Å². The van der Waals surface area contributed by atoms with E-state index in [1.165, 1.54) is 49.9 Å². The summed E-state index contributed by atoms with van der Waals surface area (Å²) in [4.78, 5) is 48.2. The number of amidine groups is 1. The minimum Gasteiger partial charge on any atom is -0.399 e. The summed E-state index contributed by atoms with van der Waals surface area (Å²) < 4.78 is 4.94. The highest BCUT2D eigenvalue weighted by Crippen LogP contribution is 2.44. The van der Waals surface area contributed by atoms with Gasteiger partial charge in [0, 0.05) is 86.9 Å². The molecule has 6 aliphatic rings. The van der Waals surface area contributed by atoms with Crippen molar-refractivity contribution in [1.82, 2.24) is 48.8 Å². The summed E-state index contributed by atoms with van der Waals surface area (Å²) in [6.07, 6.45) is 22.0. The number of anilines is 8. The number of hydrogen-bond acceptors (Lipinski definition) is 17. The fourth-order valence-electron chi connectivity index (χ4n) is 12.4. The van der Waals surface area contributed by atoms with Crippen LogP contribution in [0.25, 0.3) is 22.1 Å². The summed E-state index contributed by atoms with van der Waals surface area (Å²) in [6, 6.07) is 32.5. The molecular formula is C61H74N18S. The van der Waals surface area contributed by atoms with E-state index in [2.05, 4.69) is 121 Å². The monoisotopic (exact) mass is 1090 g/mol. The second-order valence-corrected chi connectivity index (χ2v) is 23.1. The van der Waals surface area contributed by atoms with E-state index in [9.17, 15) is 0 Å². The molecule has 2 aliphatic carbocycles. The first-order chi connectivity index (χ1) is 39.2. The molecule has 4 aliphatic heterocycles. The van der Waals surface area contributed by atoms with E-state index in [1.807, 2.05) is 85.5 Å². The number of para-hydroxylation sites is 2. The standard InChI is InChI=1S/C30H35N9.C25H32N8S.C6H7N/c1-37-14-16-38(17-15-37)24-10-11-26(31-20-24)35-29-32-19-22-18-25-27(34-23-8-4-2-5-9-23)33-21-30(12-6-3-7-13-30)39(25)28(22)36-29;1-31-10-12-32(13-11-31)19-6-7-21(26-16-19)29-24-27-15-18-14-20-23(34-2)28-17-25(8-4-3-5-9-25)33(20)22(18)30-24;7-6-4-2-1-3-5-6/h2,4-5,8-11,18-20H,3,6-7,12-17,21H2,1H3,(H,33,34)(H,31,32,35,36);6-7,14-16H,3-5,8-13,17H2,1-2H3,(H,26,27,29,30);1-5H,7H2. The van der Waals surface area contributed by atoms with Gasteiger partial charge in [0.25, 0.3) is 0 Å². The van der Waals surface area contributed by atoms with Crippen LogP contribution in [0.2, 0.25) is 0 Å². The number of aliphatic imine (C=N–C) groups is 2. The Hall–Kier alpha value is -7.61. The number of aromatic nitrogens is 8. The highest BCUT2D eigenvalue weighted by Gasteiger charge is 2.42. The smallest absolute Gasteiger partial charge is 0.230 e. The summed E-state index contributed by atoms with van der Waals surface area (Å²) in [7, 11) is 4.34. The highest BCUT2D eigenvalue weighted by molar-refractivity contribution is 8.13. The van der Waals surface area contributed by atoms with Crippen LogP contribution in [0.4, 0.5) is 46.3 Å². The molecule has 5 N–H and O–H groups in total. The molecular weight excluding hydrogens is 1020 g/mol. The summed E-state index contributed by atoms with van der Waals surface area (Å²) in [5, 5.41) is 13.5. The number of hydrogen-bond donors (Lipinski definition) is 4. The molecule has 2 saturated heterocycles. The van der Waals surface area contributed by atoms with Crippen LogP contribution in [0.3, 0.4) is 0 Å². The topological polar surface area (TPSA) is 187 Å². The number of nitrogens with zero attached hydrogens (tertiary/aromatic N) is 14. The van der Waals surface area contributed by atoms with Gasteiger partial charge >= 0.3 is 0 Å². The molecule has 6 aromatic heterocycles. The van der Waals surface area contributed by atoms with Crippen LogP contribution in [0.1, 0.15) is 75.6 Å². The average Bonchev–Trinajstić information content (AvgIpc) is 4.29. The Kier molecular flexibility index (Phi) is 15.7. The van der Waals surface area contributed by atoms with Gasteiger partial charge in [0.2, 0.25) is 11.9 Å². The lowest BCUT2D eigenvalue weighted by molar-refractivity contribution is 0.204. The van der Waals surface area contributed by atoms with E-state index in [1.54, 1.807) is 11.8 Å². The van der Waals surface area contributed by atoms with E-state index in [0.29, 0.717) is 11.9 Å². The van der Waals surface area contributed by atoms with Crippen molar-refractivity contribution in [3.63, 3.8) is 0 Å². The van der Waals surface area contributed by atoms with Crippen LogP contribution in [0.15, 0.2) is 132 Å². The molecule has 0 atom stereocenters. The number of nitrogens with one attached hydrogen (secondary N) is 3. The van der Waals surface area contributed by atoms with Crippen molar-refractivity contribution in [3.05, 3.63) is 133 Å². The molecule has 0 amide bonds. The third-order valence-electron chi connectivity index (χ3n) is 16.9. The van der Waals surface area contributed by atoms with Crippen molar-refractivity contribution in [1.29, 1.82) is 0 Å². The minimum absolute atomic E-state index is 0.0365. The van der Waals surface area contributed by atoms with E-state index >= 15 is 0 Å². The van der Waals surface area contributed by atoms with Crippen LogP contribution >= 0.6 is 11.8 Å². The Bertz CT molecular complexity index is 3420. The lowest BCUT2D eigenvalue weighted by Crippen LogP contribution is -2.44. The summed E-state index contributed by atoms with van der Waals surface area (Å²) >= 11 is 1.72. The van der Waals surface area contributed by atoms with Gasteiger partial charge in [0.1, 0.15) is 33.8 Å². The summed E-state index contributed by atoms with van der Waals surface area (Å²) in [5.74, 6) is 3.56. The van der Waals surface area contributed by atoms with Crippen molar-refractivity contribution in [3.8, 4) is 0 Å². The molecule has 0 unspecified atom stereocenters. The van der Waals surface area contributed by atoms with Gasteiger partial charge in [-0.3, -0.25) is 9.98 Å². The molecule has 18 nitrogen and oxygen atoms in total. The van der Waals surface area contributed by atoms with E-state index in [4.69, 9.17) is 25.7 Å². The van der Waals surface area contributed by atoms with E-state index in [-0.39, 0.29) is 11.1 Å². The Morgan fingerprint density at radius 1 is 0.500 bits per heavy atom. The number of piperazine rings is 2. The van der Waals surface area contributed by atoms with Crippen LogP contribution in [-0.2, 0) is 11.1 Å². The number of pyridine rings is 2. The molecule has 0 radical (unpaired) electrons. The van der Waals surface area contributed by atoms with E-state index in [0.717, 1.165) is 158 Å². The molecule has 4 fully saturated rings. The van der Waals surface area contributed by atoms with Crippen molar-refractivity contribution >= 4 is 91.0 Å². The quantitative estimate of drug-likeness (QED) is 0.110. The highest BCUT2D eigenvalue weighted by atomic mass is 32.2. The SMILES string of the molecule is CN1CCN(c2ccc(Nc3ncc4cc5n(c4n3)C3(CCCCC3)CN=C5Nc3ccccc3)nc2)CC1.CSC1=NCC2(CCCCC2)n2c1cc1cnc(Nc3ccc(N4CCN(C)CC4)cn3)nc12.Nc1ccccc1. The Balaban J connectivity index is 0.000000143. The molecule has 2 saturated carbocycles. The predicted molar refractivity (Wildman–Crippen MR) is 329 cm³/mol. The minimum atomic E-state index is -0.0365. The van der Waals surface area contributed by atoms with Gasteiger partial charge < -0.3 is 50.4 Å². The summed E-state index contributed by atoms with van der Waals surface area (Å²) in [5.41, 5.74) is 13.8. The van der Waals surface area contributed by atoms with Crippen LogP contribution in [0, 0.1) is 0 Å².